The minimum absolute atomic E-state index is 0.0674. The number of rotatable bonds is 3. The maximum absolute atomic E-state index is 11.9. The van der Waals surface area contributed by atoms with Crippen LogP contribution in [0.1, 0.15) is 5.56 Å². The van der Waals surface area contributed by atoms with E-state index in [1.807, 2.05) is 48.3 Å². The lowest BCUT2D eigenvalue weighted by Gasteiger charge is -2.26. The second kappa shape index (κ2) is 6.72. The maximum Gasteiger partial charge on any atom is 0.264 e. The van der Waals surface area contributed by atoms with Gasteiger partial charge < -0.3 is 14.5 Å². The Balaban J connectivity index is 1.70. The van der Waals surface area contributed by atoms with E-state index in [4.69, 9.17) is 9.72 Å². The number of carbonyl (C=O) groups is 1. The molecule has 1 aliphatic heterocycles. The van der Waals surface area contributed by atoms with Crippen LogP contribution in [0.3, 0.4) is 0 Å². The van der Waals surface area contributed by atoms with Gasteiger partial charge in [-0.3, -0.25) is 4.79 Å². The molecule has 0 N–H and O–H groups in total. The molecule has 0 spiro atoms. The van der Waals surface area contributed by atoms with E-state index in [0.717, 1.165) is 22.6 Å². The minimum Gasteiger partial charge on any atom is -0.482 e. The number of fused-ring (bicyclic) bond motifs is 1. The van der Waals surface area contributed by atoms with Gasteiger partial charge >= 0.3 is 0 Å². The number of benzene rings is 2. The summed E-state index contributed by atoms with van der Waals surface area (Å²) in [5.41, 5.74) is 4.64. The van der Waals surface area contributed by atoms with Crippen LogP contribution in [0, 0.1) is 6.92 Å². The van der Waals surface area contributed by atoms with Crippen molar-refractivity contribution >= 4 is 23.2 Å². The van der Waals surface area contributed by atoms with Gasteiger partial charge in [-0.1, -0.05) is 12.1 Å². The van der Waals surface area contributed by atoms with Gasteiger partial charge in [0, 0.05) is 31.5 Å². The fraction of sp³-hybridized carbons (Fsp3) is 0.190. The van der Waals surface area contributed by atoms with Crippen LogP contribution in [0.5, 0.6) is 5.75 Å². The highest BCUT2D eigenvalue weighted by atomic mass is 16.5. The number of aryl methyl sites for hydroxylation is 1. The van der Waals surface area contributed by atoms with Crippen molar-refractivity contribution in [2.24, 2.45) is 0 Å². The van der Waals surface area contributed by atoms with Crippen LogP contribution in [0.2, 0.25) is 0 Å². The number of likely N-dealkylation sites (N-methyl/N-ethyl adjacent to an activating group) is 1. The molecule has 6 heteroatoms. The van der Waals surface area contributed by atoms with E-state index in [0.29, 0.717) is 11.7 Å². The molecule has 0 saturated carbocycles. The van der Waals surface area contributed by atoms with E-state index < -0.39 is 0 Å². The summed E-state index contributed by atoms with van der Waals surface area (Å²) in [6.45, 7) is 2.13. The first-order chi connectivity index (χ1) is 13.0. The van der Waals surface area contributed by atoms with Crippen LogP contribution in [-0.2, 0) is 4.79 Å². The van der Waals surface area contributed by atoms with Crippen molar-refractivity contribution in [1.82, 2.24) is 9.97 Å². The fourth-order valence-corrected chi connectivity index (χ4v) is 3.05. The Morgan fingerprint density at radius 1 is 1.15 bits per heavy atom. The van der Waals surface area contributed by atoms with Gasteiger partial charge in [-0.15, -0.1) is 0 Å². The molecule has 3 aromatic rings. The summed E-state index contributed by atoms with van der Waals surface area (Å²) >= 11 is 0. The average Bonchev–Trinajstić information content (AvgIpc) is 2.70. The number of aromatic nitrogens is 2. The van der Waals surface area contributed by atoms with Crippen molar-refractivity contribution < 1.29 is 9.53 Å². The number of carbonyl (C=O) groups excluding carboxylic acids is 1. The van der Waals surface area contributed by atoms with Gasteiger partial charge in [0.25, 0.3) is 5.91 Å². The molecule has 1 amide bonds. The summed E-state index contributed by atoms with van der Waals surface area (Å²) < 4.78 is 5.50. The first-order valence-electron chi connectivity index (χ1n) is 8.70. The standard InChI is InChI=1S/C21H20N4O2/c1-14-5-4-6-16(11-14)24(2)21-22-10-9-17(23-21)15-7-8-19-18(12-15)25(3)20(26)13-27-19/h4-12H,13H2,1-3H3. The van der Waals surface area contributed by atoms with E-state index in [-0.39, 0.29) is 12.5 Å². The summed E-state index contributed by atoms with van der Waals surface area (Å²) in [7, 11) is 3.70. The van der Waals surface area contributed by atoms with Gasteiger partial charge in [-0.25, -0.2) is 9.97 Å². The van der Waals surface area contributed by atoms with E-state index in [1.165, 1.54) is 5.56 Å². The lowest BCUT2D eigenvalue weighted by Crippen LogP contribution is -2.35. The lowest BCUT2D eigenvalue weighted by atomic mass is 10.1. The monoisotopic (exact) mass is 360 g/mol. The molecule has 0 unspecified atom stereocenters. The second-order valence-corrected chi connectivity index (χ2v) is 6.56. The summed E-state index contributed by atoms with van der Waals surface area (Å²) in [5.74, 6) is 1.24. The molecule has 0 fully saturated rings. The Morgan fingerprint density at radius 3 is 2.81 bits per heavy atom. The molecular weight excluding hydrogens is 340 g/mol. The number of anilines is 3. The fourth-order valence-electron chi connectivity index (χ4n) is 3.05. The quantitative estimate of drug-likeness (QED) is 0.715. The molecule has 1 aromatic heterocycles. The predicted octanol–water partition coefficient (Wildman–Crippen LogP) is 3.58. The van der Waals surface area contributed by atoms with Crippen LogP contribution >= 0.6 is 0 Å². The van der Waals surface area contributed by atoms with Crippen LogP contribution in [-0.4, -0.2) is 36.6 Å². The number of ether oxygens (including phenoxy) is 1. The molecule has 0 radical (unpaired) electrons. The summed E-state index contributed by atoms with van der Waals surface area (Å²) in [6, 6.07) is 15.8. The highest BCUT2D eigenvalue weighted by Crippen LogP contribution is 2.35. The molecule has 1 aliphatic rings. The Kier molecular flexibility index (Phi) is 4.24. The molecule has 0 aliphatic carbocycles. The molecule has 4 rings (SSSR count). The summed E-state index contributed by atoms with van der Waals surface area (Å²) in [5, 5.41) is 0. The molecular formula is C21H20N4O2. The van der Waals surface area contributed by atoms with Crippen LogP contribution in [0.25, 0.3) is 11.3 Å². The number of hydrogen-bond acceptors (Lipinski definition) is 5. The molecule has 0 atom stereocenters. The Labute approximate surface area is 158 Å². The van der Waals surface area contributed by atoms with Gasteiger partial charge in [0.1, 0.15) is 5.75 Å². The molecule has 136 valence electrons. The van der Waals surface area contributed by atoms with Gasteiger partial charge in [0.15, 0.2) is 6.61 Å². The number of amides is 1. The predicted molar refractivity (Wildman–Crippen MR) is 106 cm³/mol. The van der Waals surface area contributed by atoms with E-state index >= 15 is 0 Å². The van der Waals surface area contributed by atoms with E-state index in [9.17, 15) is 4.79 Å². The van der Waals surface area contributed by atoms with Gasteiger partial charge in [-0.2, -0.15) is 0 Å². The first-order valence-corrected chi connectivity index (χ1v) is 8.70. The molecule has 0 saturated heterocycles. The maximum atomic E-state index is 11.9. The van der Waals surface area contributed by atoms with Gasteiger partial charge in [-0.05, 0) is 48.9 Å². The van der Waals surface area contributed by atoms with Gasteiger partial charge in [0.2, 0.25) is 5.95 Å². The molecule has 6 nitrogen and oxygen atoms in total. The third-order valence-electron chi connectivity index (χ3n) is 4.67. The van der Waals surface area contributed by atoms with Crippen molar-refractivity contribution in [3.05, 3.63) is 60.3 Å². The van der Waals surface area contributed by atoms with Crippen molar-refractivity contribution in [2.45, 2.75) is 6.92 Å². The highest BCUT2D eigenvalue weighted by molar-refractivity contribution is 5.98. The second-order valence-electron chi connectivity index (χ2n) is 6.56. The number of hydrogen-bond donors (Lipinski definition) is 0. The lowest BCUT2D eigenvalue weighted by molar-refractivity contribution is -0.120. The number of nitrogens with zero attached hydrogens (tertiary/aromatic N) is 4. The Hall–Kier alpha value is -3.41. The van der Waals surface area contributed by atoms with Crippen molar-refractivity contribution in [3.8, 4) is 17.0 Å². The normalized spacial score (nSPS) is 13.1. The van der Waals surface area contributed by atoms with E-state index in [1.54, 1.807) is 18.1 Å². The van der Waals surface area contributed by atoms with Crippen molar-refractivity contribution in [3.63, 3.8) is 0 Å². The minimum atomic E-state index is -0.0674. The van der Waals surface area contributed by atoms with E-state index in [2.05, 4.69) is 24.0 Å². The topological polar surface area (TPSA) is 58.6 Å². The molecule has 0 bridgehead atoms. The first kappa shape index (κ1) is 17.0. The SMILES string of the molecule is Cc1cccc(N(C)c2nccc(-c3ccc4c(c3)N(C)C(=O)CO4)n2)c1. The summed E-state index contributed by atoms with van der Waals surface area (Å²) in [4.78, 5) is 24.6. The van der Waals surface area contributed by atoms with Crippen molar-refractivity contribution in [2.75, 3.05) is 30.5 Å². The zero-order chi connectivity index (χ0) is 19.0. The smallest absolute Gasteiger partial charge is 0.264 e. The van der Waals surface area contributed by atoms with Crippen LogP contribution in [0.4, 0.5) is 17.3 Å². The third kappa shape index (κ3) is 3.21. The Bertz CT molecular complexity index is 1020. The molecule has 27 heavy (non-hydrogen) atoms. The largest absolute Gasteiger partial charge is 0.482 e. The third-order valence-corrected chi connectivity index (χ3v) is 4.67. The summed E-state index contributed by atoms with van der Waals surface area (Å²) in [6.07, 6.45) is 1.74. The Morgan fingerprint density at radius 2 is 2.00 bits per heavy atom. The zero-order valence-corrected chi connectivity index (χ0v) is 15.5. The highest BCUT2D eigenvalue weighted by Gasteiger charge is 2.22. The van der Waals surface area contributed by atoms with Crippen LogP contribution in [0.15, 0.2) is 54.7 Å². The van der Waals surface area contributed by atoms with Gasteiger partial charge in [0.05, 0.1) is 11.4 Å². The average molecular weight is 360 g/mol. The molecule has 2 heterocycles. The van der Waals surface area contributed by atoms with Crippen LogP contribution < -0.4 is 14.5 Å². The zero-order valence-electron chi connectivity index (χ0n) is 15.5. The molecule has 2 aromatic carbocycles. The van der Waals surface area contributed by atoms with Crippen molar-refractivity contribution in [1.29, 1.82) is 0 Å².